The smallest absolute Gasteiger partial charge is 0.314 e. The Morgan fingerprint density at radius 1 is 1.11 bits per heavy atom. The summed E-state index contributed by atoms with van der Waals surface area (Å²) in [4.78, 5) is 18.1. The summed E-state index contributed by atoms with van der Waals surface area (Å²) in [5.41, 5.74) is 1.21. The lowest BCUT2D eigenvalue weighted by molar-refractivity contribution is 0.0766. The van der Waals surface area contributed by atoms with E-state index in [1.807, 2.05) is 0 Å². The van der Waals surface area contributed by atoms with Gasteiger partial charge in [0.1, 0.15) is 11.6 Å². The van der Waals surface area contributed by atoms with Gasteiger partial charge in [-0.15, -0.1) is 10.2 Å². The van der Waals surface area contributed by atoms with Gasteiger partial charge in [0.15, 0.2) is 0 Å². The SMILES string of the molecule is O=C1c2cc(-c3nnc(C(F)F)o3)cnc2CN1Cc1cc(F)cc(F)c1. The van der Waals surface area contributed by atoms with Crippen molar-refractivity contribution >= 4 is 5.91 Å². The lowest BCUT2D eigenvalue weighted by Gasteiger charge is -2.15. The van der Waals surface area contributed by atoms with Crippen LogP contribution in [0.1, 0.15) is 33.9 Å². The second kappa shape index (κ2) is 6.45. The molecule has 0 radical (unpaired) electrons. The van der Waals surface area contributed by atoms with E-state index in [-0.39, 0.29) is 30.1 Å². The van der Waals surface area contributed by atoms with Crippen molar-refractivity contribution in [3.63, 3.8) is 0 Å². The van der Waals surface area contributed by atoms with Crippen LogP contribution in [0.15, 0.2) is 34.9 Å². The van der Waals surface area contributed by atoms with Crippen molar-refractivity contribution in [1.82, 2.24) is 20.1 Å². The van der Waals surface area contributed by atoms with Crippen LogP contribution in [0.5, 0.6) is 0 Å². The molecule has 0 N–H and O–H groups in total. The third-order valence-corrected chi connectivity index (χ3v) is 4.00. The highest BCUT2D eigenvalue weighted by molar-refractivity contribution is 5.98. The lowest BCUT2D eigenvalue weighted by Crippen LogP contribution is -2.23. The summed E-state index contributed by atoms with van der Waals surface area (Å²) < 4.78 is 56.6. The Hall–Kier alpha value is -3.30. The highest BCUT2D eigenvalue weighted by Crippen LogP contribution is 2.28. The predicted molar refractivity (Wildman–Crippen MR) is 82.4 cm³/mol. The van der Waals surface area contributed by atoms with E-state index in [4.69, 9.17) is 4.42 Å². The van der Waals surface area contributed by atoms with Gasteiger partial charge in [-0.1, -0.05) is 0 Å². The van der Waals surface area contributed by atoms with Crippen molar-refractivity contribution in [2.24, 2.45) is 0 Å². The molecule has 1 aliphatic rings. The highest BCUT2D eigenvalue weighted by atomic mass is 19.3. The topological polar surface area (TPSA) is 72.1 Å². The summed E-state index contributed by atoms with van der Waals surface area (Å²) in [6.45, 7) is 0.147. The summed E-state index contributed by atoms with van der Waals surface area (Å²) in [6.07, 6.45) is -1.57. The maximum Gasteiger partial charge on any atom is 0.314 e. The van der Waals surface area contributed by atoms with Gasteiger partial charge in [0.2, 0.25) is 5.89 Å². The zero-order chi connectivity index (χ0) is 19.1. The number of carbonyl (C=O) groups is 1. The third-order valence-electron chi connectivity index (χ3n) is 4.00. The molecule has 0 unspecified atom stereocenters. The average Bonchev–Trinajstić information content (AvgIpc) is 3.20. The number of benzene rings is 1. The van der Waals surface area contributed by atoms with E-state index in [9.17, 15) is 22.4 Å². The summed E-state index contributed by atoms with van der Waals surface area (Å²) in [7, 11) is 0. The van der Waals surface area contributed by atoms with Crippen LogP contribution in [-0.4, -0.2) is 26.0 Å². The molecule has 10 heteroatoms. The molecule has 0 aliphatic carbocycles. The molecule has 1 aliphatic heterocycles. The molecule has 27 heavy (non-hydrogen) atoms. The molecule has 0 fully saturated rings. The largest absolute Gasteiger partial charge is 0.415 e. The first-order valence-corrected chi connectivity index (χ1v) is 7.76. The second-order valence-electron chi connectivity index (χ2n) is 5.90. The van der Waals surface area contributed by atoms with Gasteiger partial charge in [-0.2, -0.15) is 8.78 Å². The van der Waals surface area contributed by atoms with Crippen molar-refractivity contribution in [2.45, 2.75) is 19.5 Å². The Labute approximate surface area is 149 Å². The van der Waals surface area contributed by atoms with Gasteiger partial charge in [-0.3, -0.25) is 9.78 Å². The van der Waals surface area contributed by atoms with E-state index in [0.29, 0.717) is 11.3 Å². The first-order valence-electron chi connectivity index (χ1n) is 7.76. The van der Waals surface area contributed by atoms with E-state index < -0.39 is 29.9 Å². The lowest BCUT2D eigenvalue weighted by atomic mass is 10.1. The monoisotopic (exact) mass is 378 g/mol. The molecule has 0 saturated heterocycles. The molecule has 4 rings (SSSR count). The fourth-order valence-electron chi connectivity index (χ4n) is 2.83. The molecule has 138 valence electrons. The minimum atomic E-state index is -2.91. The molecule has 1 aromatic carbocycles. The second-order valence-corrected chi connectivity index (χ2v) is 5.90. The van der Waals surface area contributed by atoms with E-state index in [1.54, 1.807) is 0 Å². The number of alkyl halides is 2. The fraction of sp³-hybridized carbons (Fsp3) is 0.176. The quantitative estimate of drug-likeness (QED) is 0.650. The summed E-state index contributed by atoms with van der Waals surface area (Å²) in [6, 6.07) is 4.44. The Kier molecular flexibility index (Phi) is 4.09. The maximum absolute atomic E-state index is 13.3. The Morgan fingerprint density at radius 2 is 1.85 bits per heavy atom. The molecule has 3 heterocycles. The predicted octanol–water partition coefficient (Wildman–Crippen LogP) is 3.50. The van der Waals surface area contributed by atoms with E-state index in [2.05, 4.69) is 15.2 Å². The van der Waals surface area contributed by atoms with Crippen LogP contribution >= 0.6 is 0 Å². The number of aromatic nitrogens is 3. The zero-order valence-electron chi connectivity index (χ0n) is 13.5. The summed E-state index contributed by atoms with van der Waals surface area (Å²) in [5, 5.41) is 6.75. The van der Waals surface area contributed by atoms with Crippen LogP contribution in [0.3, 0.4) is 0 Å². The molecular weight excluding hydrogens is 368 g/mol. The van der Waals surface area contributed by atoms with Crippen LogP contribution in [0.2, 0.25) is 0 Å². The number of amides is 1. The molecule has 3 aromatic rings. The summed E-state index contributed by atoms with van der Waals surface area (Å²) >= 11 is 0. The zero-order valence-corrected chi connectivity index (χ0v) is 13.5. The van der Waals surface area contributed by atoms with Crippen molar-refractivity contribution < 1.29 is 26.8 Å². The molecule has 0 bridgehead atoms. The van der Waals surface area contributed by atoms with Gasteiger partial charge >= 0.3 is 6.43 Å². The first-order chi connectivity index (χ1) is 12.9. The first kappa shape index (κ1) is 17.1. The van der Waals surface area contributed by atoms with Crippen molar-refractivity contribution in [1.29, 1.82) is 0 Å². The molecule has 2 aromatic heterocycles. The molecule has 6 nitrogen and oxygen atoms in total. The Bertz CT molecular complexity index is 1020. The molecule has 1 amide bonds. The molecule has 0 spiro atoms. The average molecular weight is 378 g/mol. The minimum absolute atomic E-state index is 0.00467. The van der Waals surface area contributed by atoms with Gasteiger partial charge in [0.25, 0.3) is 11.8 Å². The van der Waals surface area contributed by atoms with Crippen molar-refractivity contribution in [3.8, 4) is 11.5 Å². The number of halogens is 4. The van der Waals surface area contributed by atoms with E-state index >= 15 is 0 Å². The van der Waals surface area contributed by atoms with Crippen LogP contribution < -0.4 is 0 Å². The molecule has 0 atom stereocenters. The number of rotatable bonds is 4. The van der Waals surface area contributed by atoms with E-state index in [1.165, 1.54) is 17.2 Å². The maximum atomic E-state index is 13.3. The number of carbonyl (C=O) groups excluding carboxylic acids is 1. The number of pyridine rings is 1. The van der Waals surface area contributed by atoms with Crippen LogP contribution in [0, 0.1) is 11.6 Å². The molecular formula is C17H10F4N4O2. The molecule has 0 saturated carbocycles. The van der Waals surface area contributed by atoms with Gasteiger partial charge in [0.05, 0.1) is 23.4 Å². The van der Waals surface area contributed by atoms with Crippen LogP contribution in [0.4, 0.5) is 17.6 Å². The Balaban J connectivity index is 1.58. The van der Waals surface area contributed by atoms with Crippen molar-refractivity contribution in [2.75, 3.05) is 0 Å². The fourth-order valence-corrected chi connectivity index (χ4v) is 2.83. The third kappa shape index (κ3) is 3.25. The van der Waals surface area contributed by atoms with Gasteiger partial charge < -0.3 is 9.32 Å². The number of fused-ring (bicyclic) bond motifs is 1. The van der Waals surface area contributed by atoms with Gasteiger partial charge in [-0.25, -0.2) is 8.78 Å². The number of hydrogen-bond acceptors (Lipinski definition) is 5. The standard InChI is InChI=1S/C17H10F4N4O2/c18-10-1-8(2-11(19)4-10)6-25-7-13-12(17(25)26)3-9(5-22-13)15-23-24-16(27-15)14(20)21/h1-5,14H,6-7H2. The van der Waals surface area contributed by atoms with Crippen molar-refractivity contribution in [3.05, 3.63) is 64.8 Å². The van der Waals surface area contributed by atoms with Gasteiger partial charge in [-0.05, 0) is 23.8 Å². The van der Waals surface area contributed by atoms with Gasteiger partial charge in [0, 0.05) is 18.8 Å². The van der Waals surface area contributed by atoms with Crippen LogP contribution in [0.25, 0.3) is 11.5 Å². The number of hydrogen-bond donors (Lipinski definition) is 0. The number of nitrogens with zero attached hydrogens (tertiary/aromatic N) is 4. The normalized spacial score (nSPS) is 13.5. The summed E-state index contributed by atoms with van der Waals surface area (Å²) in [5.74, 6) is -2.88. The minimum Gasteiger partial charge on any atom is -0.415 e. The highest BCUT2D eigenvalue weighted by Gasteiger charge is 2.30. The van der Waals surface area contributed by atoms with E-state index in [0.717, 1.165) is 18.2 Å². The Morgan fingerprint density at radius 3 is 2.52 bits per heavy atom. The van der Waals surface area contributed by atoms with Crippen LogP contribution in [-0.2, 0) is 13.1 Å².